The van der Waals surface area contributed by atoms with Crippen LogP contribution in [0, 0.1) is 0 Å². The van der Waals surface area contributed by atoms with Crippen molar-refractivity contribution in [2.75, 3.05) is 0 Å². The molecule has 0 aliphatic rings. The van der Waals surface area contributed by atoms with Crippen molar-refractivity contribution in [2.45, 2.75) is 0 Å². The Bertz CT molecular complexity index is 2130. The number of nitrogens with zero attached hydrogens (tertiary/aromatic N) is 6. The van der Waals surface area contributed by atoms with Gasteiger partial charge < -0.3 is 0 Å². The third-order valence-electron chi connectivity index (χ3n) is 8.17. The van der Waals surface area contributed by atoms with E-state index in [0.29, 0.717) is 17.5 Å². The van der Waals surface area contributed by atoms with Gasteiger partial charge >= 0.3 is 0 Å². The van der Waals surface area contributed by atoms with Gasteiger partial charge in [-0.3, -0.25) is 4.98 Å². The highest BCUT2D eigenvalue weighted by Gasteiger charge is 2.15. The number of rotatable bonds is 7. The van der Waals surface area contributed by atoms with E-state index >= 15 is 0 Å². The molecular weight excluding hydrogens is 589 g/mol. The summed E-state index contributed by atoms with van der Waals surface area (Å²) in [5, 5.41) is 0. The summed E-state index contributed by atoms with van der Waals surface area (Å²) >= 11 is 0. The van der Waals surface area contributed by atoms with E-state index < -0.39 is 0 Å². The molecule has 0 amide bonds. The van der Waals surface area contributed by atoms with Gasteiger partial charge in [0.1, 0.15) is 6.33 Å². The fraction of sp³-hybridized carbons (Fsp3) is 0. The molecule has 0 unspecified atom stereocenters. The lowest BCUT2D eigenvalue weighted by atomic mass is 9.94. The SMILES string of the molecule is c1ccc(-c2nc(-c3ccccc3)nc(-c3cc(-c4ccc(-c5ccccn5)cc4)cc(-c4ccc(-c5ccncn5)cc4)c3)n2)cc1. The lowest BCUT2D eigenvalue weighted by molar-refractivity contribution is 1.07. The largest absolute Gasteiger partial charge is 0.256 e. The molecule has 0 aliphatic carbocycles. The molecule has 0 atom stereocenters. The maximum atomic E-state index is 5.03. The van der Waals surface area contributed by atoms with E-state index in [1.165, 1.54) is 0 Å². The van der Waals surface area contributed by atoms with Gasteiger partial charge in [-0.1, -0.05) is 115 Å². The summed E-state index contributed by atoms with van der Waals surface area (Å²) in [5.74, 6) is 1.86. The Morgan fingerprint density at radius 1 is 0.292 bits per heavy atom. The Morgan fingerprint density at radius 3 is 1.23 bits per heavy atom. The average Bonchev–Trinajstić information content (AvgIpc) is 3.19. The van der Waals surface area contributed by atoms with E-state index in [9.17, 15) is 0 Å². The van der Waals surface area contributed by atoms with E-state index in [1.54, 1.807) is 12.5 Å². The lowest BCUT2D eigenvalue weighted by Crippen LogP contribution is -2.00. The molecule has 0 aliphatic heterocycles. The van der Waals surface area contributed by atoms with Gasteiger partial charge in [-0.2, -0.15) is 0 Å². The average molecular weight is 617 g/mol. The molecule has 3 aromatic heterocycles. The number of benzene rings is 5. The minimum absolute atomic E-state index is 0.605. The highest BCUT2D eigenvalue weighted by molar-refractivity contribution is 5.81. The molecule has 3 heterocycles. The Labute approximate surface area is 278 Å². The number of hydrogen-bond acceptors (Lipinski definition) is 6. The fourth-order valence-electron chi connectivity index (χ4n) is 5.69. The summed E-state index contributed by atoms with van der Waals surface area (Å²) in [6, 6.07) is 51.5. The zero-order valence-electron chi connectivity index (χ0n) is 25.8. The number of aromatic nitrogens is 6. The highest BCUT2D eigenvalue weighted by atomic mass is 15.0. The molecule has 48 heavy (non-hydrogen) atoms. The fourth-order valence-corrected chi connectivity index (χ4v) is 5.69. The second kappa shape index (κ2) is 13.0. The summed E-state index contributed by atoms with van der Waals surface area (Å²) in [5.41, 5.74) is 10.9. The first-order chi connectivity index (χ1) is 23.8. The molecule has 5 aromatic carbocycles. The van der Waals surface area contributed by atoms with Gasteiger partial charge in [0, 0.05) is 40.2 Å². The van der Waals surface area contributed by atoms with E-state index in [0.717, 1.165) is 61.5 Å². The second-order valence-electron chi connectivity index (χ2n) is 11.3. The minimum Gasteiger partial charge on any atom is -0.256 e. The van der Waals surface area contributed by atoms with Crippen LogP contribution in [0.15, 0.2) is 170 Å². The molecule has 226 valence electrons. The minimum atomic E-state index is 0.605. The first kappa shape index (κ1) is 28.8. The summed E-state index contributed by atoms with van der Waals surface area (Å²) in [7, 11) is 0. The summed E-state index contributed by atoms with van der Waals surface area (Å²) < 4.78 is 0. The summed E-state index contributed by atoms with van der Waals surface area (Å²) in [6.45, 7) is 0. The zero-order chi connectivity index (χ0) is 32.1. The molecule has 8 rings (SSSR count). The van der Waals surface area contributed by atoms with Crippen LogP contribution in [0.4, 0.5) is 0 Å². The van der Waals surface area contributed by atoms with Crippen LogP contribution < -0.4 is 0 Å². The molecule has 0 fully saturated rings. The Hall–Kier alpha value is -6.66. The van der Waals surface area contributed by atoms with Crippen LogP contribution in [0.25, 0.3) is 78.9 Å². The van der Waals surface area contributed by atoms with E-state index in [2.05, 4.69) is 81.7 Å². The predicted octanol–water partition coefficient (Wildman–Crippen LogP) is 9.73. The van der Waals surface area contributed by atoms with Crippen molar-refractivity contribution in [2.24, 2.45) is 0 Å². The monoisotopic (exact) mass is 616 g/mol. The van der Waals surface area contributed by atoms with Crippen LogP contribution in [0.2, 0.25) is 0 Å². The van der Waals surface area contributed by atoms with Gasteiger partial charge in [-0.15, -0.1) is 0 Å². The van der Waals surface area contributed by atoms with Crippen molar-refractivity contribution >= 4 is 0 Å². The number of pyridine rings is 1. The first-order valence-electron chi connectivity index (χ1n) is 15.7. The summed E-state index contributed by atoms with van der Waals surface area (Å²) in [4.78, 5) is 28.0. The Balaban J connectivity index is 1.28. The van der Waals surface area contributed by atoms with E-state index in [1.807, 2.05) is 91.1 Å². The quantitative estimate of drug-likeness (QED) is 0.177. The second-order valence-corrected chi connectivity index (χ2v) is 11.3. The van der Waals surface area contributed by atoms with Gasteiger partial charge in [0.15, 0.2) is 17.5 Å². The molecule has 0 spiro atoms. The molecule has 6 nitrogen and oxygen atoms in total. The highest BCUT2D eigenvalue weighted by Crippen LogP contribution is 2.34. The van der Waals surface area contributed by atoms with Crippen molar-refractivity contribution in [1.29, 1.82) is 0 Å². The normalized spacial score (nSPS) is 10.9. The predicted molar refractivity (Wildman–Crippen MR) is 191 cm³/mol. The standard InChI is InChI=1S/C42H28N6/c1-3-9-33(10-4-1)40-46-41(34-11-5-2-6-12-34)48-42(47-40)37-26-35(29-14-18-31(19-15-29)38-13-7-8-23-44-38)25-36(27-37)30-16-20-32(21-17-30)39-22-24-43-28-45-39/h1-28H. The van der Waals surface area contributed by atoms with Crippen molar-refractivity contribution < 1.29 is 0 Å². The third kappa shape index (κ3) is 6.10. The molecule has 0 saturated carbocycles. The molecular formula is C42H28N6. The maximum absolute atomic E-state index is 5.03. The van der Waals surface area contributed by atoms with Crippen LogP contribution >= 0.6 is 0 Å². The zero-order valence-corrected chi connectivity index (χ0v) is 25.8. The maximum Gasteiger partial charge on any atom is 0.164 e. The lowest BCUT2D eigenvalue weighted by Gasteiger charge is -2.13. The van der Waals surface area contributed by atoms with Crippen LogP contribution in [-0.2, 0) is 0 Å². The molecule has 8 aromatic rings. The van der Waals surface area contributed by atoms with Gasteiger partial charge in [-0.05, 0) is 58.7 Å². The molecule has 0 N–H and O–H groups in total. The van der Waals surface area contributed by atoms with E-state index in [-0.39, 0.29) is 0 Å². The molecule has 6 heteroatoms. The van der Waals surface area contributed by atoms with Crippen molar-refractivity contribution in [3.63, 3.8) is 0 Å². The van der Waals surface area contributed by atoms with E-state index in [4.69, 9.17) is 15.0 Å². The van der Waals surface area contributed by atoms with Gasteiger partial charge in [0.25, 0.3) is 0 Å². The van der Waals surface area contributed by atoms with Gasteiger partial charge in [-0.25, -0.2) is 24.9 Å². The Morgan fingerprint density at radius 2 is 0.750 bits per heavy atom. The smallest absolute Gasteiger partial charge is 0.164 e. The van der Waals surface area contributed by atoms with Crippen LogP contribution in [-0.4, -0.2) is 29.9 Å². The topological polar surface area (TPSA) is 77.3 Å². The van der Waals surface area contributed by atoms with Crippen molar-refractivity contribution in [3.05, 3.63) is 170 Å². The van der Waals surface area contributed by atoms with Gasteiger partial charge in [0.2, 0.25) is 0 Å². The summed E-state index contributed by atoms with van der Waals surface area (Å²) in [6.07, 6.45) is 5.14. The van der Waals surface area contributed by atoms with Crippen molar-refractivity contribution in [3.8, 4) is 78.9 Å². The number of hydrogen-bond donors (Lipinski definition) is 0. The molecule has 0 bridgehead atoms. The third-order valence-corrected chi connectivity index (χ3v) is 8.17. The Kier molecular flexibility index (Phi) is 7.79. The van der Waals surface area contributed by atoms with Gasteiger partial charge in [0.05, 0.1) is 11.4 Å². The van der Waals surface area contributed by atoms with Crippen molar-refractivity contribution in [1.82, 2.24) is 29.9 Å². The first-order valence-corrected chi connectivity index (χ1v) is 15.7. The van der Waals surface area contributed by atoms with Crippen LogP contribution in [0.3, 0.4) is 0 Å². The van der Waals surface area contributed by atoms with Crippen LogP contribution in [0.1, 0.15) is 0 Å². The molecule has 0 saturated heterocycles. The molecule has 0 radical (unpaired) electrons. The van der Waals surface area contributed by atoms with Crippen LogP contribution in [0.5, 0.6) is 0 Å².